The predicted octanol–water partition coefficient (Wildman–Crippen LogP) is 4.04. The summed E-state index contributed by atoms with van der Waals surface area (Å²) in [6.07, 6.45) is 0.598. The van der Waals surface area contributed by atoms with Gasteiger partial charge in [-0.05, 0) is 39.7 Å². The number of carbonyl (C=O) groups is 1. The van der Waals surface area contributed by atoms with Gasteiger partial charge in [-0.15, -0.1) is 0 Å². The third kappa shape index (κ3) is 3.58. The average Bonchev–Trinajstić information content (AvgIpc) is 2.29. The maximum absolute atomic E-state index is 11.9. The lowest BCUT2D eigenvalue weighted by atomic mass is 9.90. The third-order valence-electron chi connectivity index (χ3n) is 3.27. The van der Waals surface area contributed by atoms with E-state index in [1.807, 2.05) is 58.9 Å². The smallest absolute Gasteiger partial charge is 0.312 e. The van der Waals surface area contributed by atoms with Crippen LogP contribution in [-0.4, -0.2) is 5.97 Å². The van der Waals surface area contributed by atoms with Crippen molar-refractivity contribution >= 4 is 5.97 Å². The number of carbonyl (C=O) groups excluding carboxylic acids is 1. The van der Waals surface area contributed by atoms with E-state index < -0.39 is 5.41 Å². The minimum absolute atomic E-state index is 0.131. The van der Waals surface area contributed by atoms with Crippen molar-refractivity contribution in [1.82, 2.24) is 0 Å². The van der Waals surface area contributed by atoms with E-state index >= 15 is 0 Å². The zero-order chi connectivity index (χ0) is 13.1. The second kappa shape index (κ2) is 5.35. The average molecular weight is 234 g/mol. The number of esters is 1. The fourth-order valence-corrected chi connectivity index (χ4v) is 1.37. The van der Waals surface area contributed by atoms with Crippen molar-refractivity contribution < 1.29 is 9.53 Å². The van der Waals surface area contributed by atoms with Gasteiger partial charge in [0.15, 0.2) is 0 Å². The second-order valence-corrected chi connectivity index (χ2v) is 5.20. The van der Waals surface area contributed by atoms with Crippen LogP contribution >= 0.6 is 0 Å². The van der Waals surface area contributed by atoms with E-state index in [1.165, 1.54) is 5.56 Å². The Kier molecular flexibility index (Phi) is 4.33. The highest BCUT2D eigenvalue weighted by molar-refractivity contribution is 5.76. The molecule has 0 amide bonds. The molecule has 1 atom stereocenters. The summed E-state index contributed by atoms with van der Waals surface area (Å²) in [4.78, 5) is 11.9. The maximum atomic E-state index is 11.9. The van der Waals surface area contributed by atoms with E-state index in [0.717, 1.165) is 12.0 Å². The van der Waals surface area contributed by atoms with Gasteiger partial charge in [-0.25, -0.2) is 0 Å². The van der Waals surface area contributed by atoms with E-state index in [4.69, 9.17) is 4.74 Å². The fraction of sp³-hybridized carbons (Fsp3) is 0.533. The van der Waals surface area contributed by atoms with Gasteiger partial charge in [0.2, 0.25) is 0 Å². The first-order valence-corrected chi connectivity index (χ1v) is 6.14. The molecule has 17 heavy (non-hydrogen) atoms. The summed E-state index contributed by atoms with van der Waals surface area (Å²) in [5, 5.41) is 0. The molecule has 2 heteroatoms. The third-order valence-corrected chi connectivity index (χ3v) is 3.27. The van der Waals surface area contributed by atoms with Crippen LogP contribution < -0.4 is 0 Å². The molecule has 1 unspecified atom stereocenters. The molecular weight excluding hydrogens is 212 g/mol. The number of aryl methyl sites for hydroxylation is 1. The van der Waals surface area contributed by atoms with Gasteiger partial charge in [-0.1, -0.05) is 36.8 Å². The van der Waals surface area contributed by atoms with Crippen LogP contribution in [-0.2, 0) is 9.53 Å². The first-order valence-electron chi connectivity index (χ1n) is 6.14. The summed E-state index contributed by atoms with van der Waals surface area (Å²) in [5.74, 6) is -0.131. The normalized spacial score (nSPS) is 13.2. The molecule has 0 bridgehead atoms. The topological polar surface area (TPSA) is 26.3 Å². The van der Waals surface area contributed by atoms with Gasteiger partial charge in [-0.2, -0.15) is 0 Å². The molecule has 2 nitrogen and oxygen atoms in total. The predicted molar refractivity (Wildman–Crippen MR) is 69.8 cm³/mol. The molecule has 0 radical (unpaired) electrons. The zero-order valence-electron chi connectivity index (χ0n) is 11.4. The van der Waals surface area contributed by atoms with Crippen molar-refractivity contribution in [1.29, 1.82) is 0 Å². The lowest BCUT2D eigenvalue weighted by molar-refractivity contribution is -0.159. The lowest BCUT2D eigenvalue weighted by Gasteiger charge is -2.23. The number of hydrogen-bond acceptors (Lipinski definition) is 2. The van der Waals surface area contributed by atoms with Crippen molar-refractivity contribution in [2.75, 3.05) is 0 Å². The summed E-state index contributed by atoms with van der Waals surface area (Å²) in [6, 6.07) is 8.08. The van der Waals surface area contributed by atoms with Crippen molar-refractivity contribution in [3.8, 4) is 0 Å². The molecule has 94 valence electrons. The fourth-order valence-electron chi connectivity index (χ4n) is 1.37. The molecule has 1 aromatic rings. The van der Waals surface area contributed by atoms with E-state index in [-0.39, 0.29) is 12.1 Å². The molecule has 0 N–H and O–H groups in total. The quantitative estimate of drug-likeness (QED) is 0.735. The van der Waals surface area contributed by atoms with Gasteiger partial charge in [-0.3, -0.25) is 4.79 Å². The molecule has 0 aliphatic rings. The highest BCUT2D eigenvalue weighted by Gasteiger charge is 2.28. The van der Waals surface area contributed by atoms with Crippen LogP contribution in [0.15, 0.2) is 24.3 Å². The molecule has 0 aliphatic carbocycles. The van der Waals surface area contributed by atoms with Crippen molar-refractivity contribution in [2.45, 2.75) is 47.1 Å². The Balaban J connectivity index is 2.70. The Morgan fingerprint density at radius 1 is 1.29 bits per heavy atom. The summed E-state index contributed by atoms with van der Waals surface area (Å²) >= 11 is 0. The minimum Gasteiger partial charge on any atom is -0.457 e. The Morgan fingerprint density at radius 2 is 1.82 bits per heavy atom. The largest absolute Gasteiger partial charge is 0.457 e. The number of hydrogen-bond donors (Lipinski definition) is 0. The molecule has 0 spiro atoms. The first kappa shape index (κ1) is 13.8. The summed E-state index contributed by atoms with van der Waals surface area (Å²) in [6.45, 7) is 9.78. The molecule has 0 saturated heterocycles. The number of ether oxygens (including phenoxy) is 1. The van der Waals surface area contributed by atoms with Crippen molar-refractivity contribution in [3.63, 3.8) is 0 Å². The van der Waals surface area contributed by atoms with Crippen LogP contribution in [0.2, 0.25) is 0 Å². The van der Waals surface area contributed by atoms with Crippen molar-refractivity contribution in [2.24, 2.45) is 5.41 Å². The standard InChI is InChI=1S/C15H22O2/c1-6-15(4,5)14(16)17-12(3)13-9-7-11(2)8-10-13/h7-10,12H,6H2,1-5H3. The lowest BCUT2D eigenvalue weighted by Crippen LogP contribution is -2.26. The van der Waals surface area contributed by atoms with Gasteiger partial charge < -0.3 is 4.74 Å². The van der Waals surface area contributed by atoms with E-state index in [2.05, 4.69) is 0 Å². The van der Waals surface area contributed by atoms with Gasteiger partial charge in [0.25, 0.3) is 0 Å². The molecule has 0 aromatic heterocycles. The molecule has 0 saturated carbocycles. The molecule has 0 aliphatic heterocycles. The van der Waals surface area contributed by atoms with Gasteiger partial charge in [0, 0.05) is 0 Å². The Bertz CT molecular complexity index is 376. The van der Waals surface area contributed by atoms with Crippen molar-refractivity contribution in [3.05, 3.63) is 35.4 Å². The molecule has 0 fully saturated rings. The monoisotopic (exact) mass is 234 g/mol. The minimum atomic E-state index is -0.404. The van der Waals surface area contributed by atoms with Crippen LogP contribution in [0.3, 0.4) is 0 Å². The first-order chi connectivity index (χ1) is 7.86. The zero-order valence-corrected chi connectivity index (χ0v) is 11.4. The summed E-state index contributed by atoms with van der Waals surface area (Å²) in [7, 11) is 0. The molecule has 0 heterocycles. The highest BCUT2D eigenvalue weighted by Crippen LogP contribution is 2.26. The van der Waals surface area contributed by atoms with Crippen LogP contribution in [0.5, 0.6) is 0 Å². The van der Waals surface area contributed by atoms with Crippen LogP contribution in [0.1, 0.15) is 51.3 Å². The number of benzene rings is 1. The van der Waals surface area contributed by atoms with E-state index in [0.29, 0.717) is 0 Å². The van der Waals surface area contributed by atoms with Gasteiger partial charge >= 0.3 is 5.97 Å². The maximum Gasteiger partial charge on any atom is 0.312 e. The highest BCUT2D eigenvalue weighted by atomic mass is 16.5. The summed E-state index contributed by atoms with van der Waals surface area (Å²) in [5.41, 5.74) is 1.84. The molecular formula is C15H22O2. The molecule has 1 aromatic carbocycles. The van der Waals surface area contributed by atoms with E-state index in [1.54, 1.807) is 0 Å². The second-order valence-electron chi connectivity index (χ2n) is 5.20. The van der Waals surface area contributed by atoms with Gasteiger partial charge in [0.05, 0.1) is 5.41 Å². The van der Waals surface area contributed by atoms with Crippen LogP contribution in [0, 0.1) is 12.3 Å². The van der Waals surface area contributed by atoms with Gasteiger partial charge in [0.1, 0.15) is 6.10 Å². The van der Waals surface area contributed by atoms with Crippen LogP contribution in [0.25, 0.3) is 0 Å². The molecule has 1 rings (SSSR count). The summed E-state index contributed by atoms with van der Waals surface area (Å²) < 4.78 is 5.49. The van der Waals surface area contributed by atoms with E-state index in [9.17, 15) is 4.79 Å². The Hall–Kier alpha value is -1.31. The Morgan fingerprint density at radius 3 is 2.29 bits per heavy atom. The Labute approximate surface area is 104 Å². The van der Waals surface area contributed by atoms with Crippen LogP contribution in [0.4, 0.5) is 0 Å². The SMILES string of the molecule is CCC(C)(C)C(=O)OC(C)c1ccc(C)cc1. The number of rotatable bonds is 4.